The molecule has 1 heterocycles. The highest BCUT2D eigenvalue weighted by Crippen LogP contribution is 2.19. The van der Waals surface area contributed by atoms with E-state index >= 15 is 0 Å². The van der Waals surface area contributed by atoms with E-state index in [1.54, 1.807) is 0 Å². The fourth-order valence-corrected chi connectivity index (χ4v) is 3.30. The third-order valence-corrected chi connectivity index (χ3v) is 5.07. The summed E-state index contributed by atoms with van der Waals surface area (Å²) in [6.07, 6.45) is 0.951. The topological polar surface area (TPSA) is 74.0 Å². The second-order valence-electron chi connectivity index (χ2n) is 6.72. The van der Waals surface area contributed by atoms with E-state index in [2.05, 4.69) is 28.2 Å². The molecule has 0 bridgehead atoms. The van der Waals surface area contributed by atoms with Gasteiger partial charge in [-0.15, -0.1) is 24.0 Å². The monoisotopic (exact) mass is 527 g/mol. The van der Waals surface area contributed by atoms with Crippen LogP contribution in [0.2, 0.25) is 5.02 Å². The number of carbonyl (C=O) groups is 1. The first-order valence-corrected chi connectivity index (χ1v) is 9.87. The summed E-state index contributed by atoms with van der Waals surface area (Å²) in [6.45, 7) is 5.06. The Bertz CT molecular complexity index is 835. The van der Waals surface area contributed by atoms with Crippen molar-refractivity contribution in [1.82, 2.24) is 4.90 Å². The number of anilines is 2. The van der Waals surface area contributed by atoms with Gasteiger partial charge in [-0.2, -0.15) is 0 Å². The first kappa shape index (κ1) is 23.3. The smallest absolute Gasteiger partial charge is 0.244 e. The van der Waals surface area contributed by atoms with Crippen LogP contribution in [-0.2, 0) is 11.2 Å². The van der Waals surface area contributed by atoms with Crippen LogP contribution in [0.3, 0.4) is 0 Å². The van der Waals surface area contributed by atoms with Gasteiger partial charge in [0.2, 0.25) is 5.91 Å². The number of hydrogen-bond donors (Lipinski definition) is 2. The second kappa shape index (κ2) is 11.3. The molecule has 0 aliphatic carbocycles. The van der Waals surface area contributed by atoms with Gasteiger partial charge in [-0.1, -0.05) is 30.7 Å². The molecule has 2 aromatic carbocycles. The predicted molar refractivity (Wildman–Crippen MR) is 132 cm³/mol. The van der Waals surface area contributed by atoms with Crippen molar-refractivity contribution in [2.75, 3.05) is 42.9 Å². The molecule has 0 spiro atoms. The second-order valence-corrected chi connectivity index (χ2v) is 7.16. The van der Waals surface area contributed by atoms with Gasteiger partial charge in [0.05, 0.1) is 0 Å². The molecule has 0 unspecified atom stereocenters. The minimum absolute atomic E-state index is 0. The summed E-state index contributed by atoms with van der Waals surface area (Å²) in [5.74, 6) is 0.240. The SMILES string of the molecule is CCc1cccc(NC(N)=NCC(=O)N2CCN(c3ccc(Cl)cc3)CC2)c1.I. The molecule has 1 amide bonds. The van der Waals surface area contributed by atoms with Crippen molar-refractivity contribution in [1.29, 1.82) is 0 Å². The Morgan fingerprint density at radius 2 is 1.83 bits per heavy atom. The van der Waals surface area contributed by atoms with Gasteiger partial charge in [0.15, 0.2) is 5.96 Å². The zero-order chi connectivity index (χ0) is 19.9. The molecule has 29 heavy (non-hydrogen) atoms. The van der Waals surface area contributed by atoms with Crippen LogP contribution in [0.1, 0.15) is 12.5 Å². The van der Waals surface area contributed by atoms with E-state index < -0.39 is 0 Å². The third kappa shape index (κ3) is 6.78. The molecule has 0 radical (unpaired) electrons. The minimum Gasteiger partial charge on any atom is -0.370 e. The van der Waals surface area contributed by atoms with Gasteiger partial charge in [0, 0.05) is 42.6 Å². The molecular formula is C21H27ClIN5O. The lowest BCUT2D eigenvalue weighted by Gasteiger charge is -2.36. The summed E-state index contributed by atoms with van der Waals surface area (Å²) in [7, 11) is 0. The summed E-state index contributed by atoms with van der Waals surface area (Å²) in [5, 5.41) is 3.77. The molecule has 0 aromatic heterocycles. The maximum atomic E-state index is 12.4. The summed E-state index contributed by atoms with van der Waals surface area (Å²) >= 11 is 5.94. The fraction of sp³-hybridized carbons (Fsp3) is 0.333. The van der Waals surface area contributed by atoms with Crippen molar-refractivity contribution in [3.8, 4) is 0 Å². The number of halogens is 2. The highest BCUT2D eigenvalue weighted by Gasteiger charge is 2.21. The Hall–Kier alpha value is -2.00. The Labute approximate surface area is 194 Å². The number of amides is 1. The number of aryl methyl sites for hydroxylation is 1. The summed E-state index contributed by atoms with van der Waals surface area (Å²) in [6, 6.07) is 15.8. The van der Waals surface area contributed by atoms with Gasteiger partial charge < -0.3 is 20.9 Å². The first-order chi connectivity index (χ1) is 13.5. The van der Waals surface area contributed by atoms with E-state index in [9.17, 15) is 4.79 Å². The average Bonchev–Trinajstić information content (AvgIpc) is 2.73. The Morgan fingerprint density at radius 1 is 1.14 bits per heavy atom. The molecule has 1 aliphatic heterocycles. The molecule has 1 saturated heterocycles. The molecule has 1 fully saturated rings. The molecular weight excluding hydrogens is 501 g/mol. The van der Waals surface area contributed by atoms with E-state index in [-0.39, 0.29) is 42.4 Å². The van der Waals surface area contributed by atoms with Gasteiger partial charge >= 0.3 is 0 Å². The maximum absolute atomic E-state index is 12.4. The molecule has 8 heteroatoms. The molecule has 2 aromatic rings. The normalized spacial score (nSPS) is 14.3. The van der Waals surface area contributed by atoms with E-state index in [1.165, 1.54) is 5.56 Å². The molecule has 156 valence electrons. The lowest BCUT2D eigenvalue weighted by Crippen LogP contribution is -2.49. The largest absolute Gasteiger partial charge is 0.370 e. The van der Waals surface area contributed by atoms with E-state index in [4.69, 9.17) is 17.3 Å². The number of nitrogens with zero attached hydrogens (tertiary/aromatic N) is 3. The van der Waals surface area contributed by atoms with Crippen LogP contribution in [0.15, 0.2) is 53.5 Å². The summed E-state index contributed by atoms with van der Waals surface area (Å²) < 4.78 is 0. The van der Waals surface area contributed by atoms with Crippen molar-refractivity contribution in [2.24, 2.45) is 10.7 Å². The minimum atomic E-state index is -0.0113. The number of piperazine rings is 1. The van der Waals surface area contributed by atoms with Gasteiger partial charge in [-0.05, 0) is 48.4 Å². The van der Waals surface area contributed by atoms with Crippen molar-refractivity contribution in [3.05, 3.63) is 59.1 Å². The molecule has 6 nitrogen and oxygen atoms in total. The quantitative estimate of drug-likeness (QED) is 0.354. The van der Waals surface area contributed by atoms with Crippen molar-refractivity contribution in [3.63, 3.8) is 0 Å². The highest BCUT2D eigenvalue weighted by atomic mass is 127. The van der Waals surface area contributed by atoms with Crippen LogP contribution in [0.25, 0.3) is 0 Å². The molecule has 0 saturated carbocycles. The summed E-state index contributed by atoms with van der Waals surface area (Å²) in [5.41, 5.74) is 9.15. The number of nitrogens with one attached hydrogen (secondary N) is 1. The number of aliphatic imine (C=N–C) groups is 1. The number of carbonyl (C=O) groups excluding carboxylic acids is 1. The Balaban J connectivity index is 0.00000300. The number of hydrogen-bond acceptors (Lipinski definition) is 3. The maximum Gasteiger partial charge on any atom is 0.244 e. The highest BCUT2D eigenvalue weighted by molar-refractivity contribution is 14.0. The molecule has 3 N–H and O–H groups in total. The zero-order valence-corrected chi connectivity index (χ0v) is 19.6. The Morgan fingerprint density at radius 3 is 2.48 bits per heavy atom. The van der Waals surface area contributed by atoms with Gasteiger partial charge in [0.25, 0.3) is 0 Å². The van der Waals surface area contributed by atoms with Crippen LogP contribution in [0.5, 0.6) is 0 Å². The first-order valence-electron chi connectivity index (χ1n) is 9.49. The van der Waals surface area contributed by atoms with Crippen LogP contribution in [0.4, 0.5) is 11.4 Å². The van der Waals surface area contributed by atoms with Crippen LogP contribution in [-0.4, -0.2) is 49.5 Å². The van der Waals surface area contributed by atoms with Crippen LogP contribution in [0, 0.1) is 0 Å². The summed E-state index contributed by atoms with van der Waals surface area (Å²) in [4.78, 5) is 20.7. The van der Waals surface area contributed by atoms with Gasteiger partial charge in [0.1, 0.15) is 6.54 Å². The van der Waals surface area contributed by atoms with Crippen molar-refractivity contribution in [2.45, 2.75) is 13.3 Å². The van der Waals surface area contributed by atoms with Crippen molar-refractivity contribution < 1.29 is 4.79 Å². The average molecular weight is 528 g/mol. The molecule has 1 aliphatic rings. The lowest BCUT2D eigenvalue weighted by molar-refractivity contribution is -0.129. The number of benzene rings is 2. The number of guanidine groups is 1. The third-order valence-electron chi connectivity index (χ3n) is 4.82. The van der Waals surface area contributed by atoms with Gasteiger partial charge in [-0.25, -0.2) is 4.99 Å². The zero-order valence-electron chi connectivity index (χ0n) is 16.5. The molecule has 3 rings (SSSR count). The standard InChI is InChI=1S/C21H26ClN5O.HI/c1-2-16-4-3-5-18(14-16)25-21(23)24-15-20(28)27-12-10-26(11-13-27)19-8-6-17(22)7-9-19;/h3-9,14H,2,10-13,15H2,1H3,(H3,23,24,25);1H. The molecule has 0 atom stereocenters. The number of nitrogens with two attached hydrogens (primary N) is 1. The lowest BCUT2D eigenvalue weighted by atomic mass is 10.1. The Kier molecular flexibility index (Phi) is 9.03. The van der Waals surface area contributed by atoms with E-state index in [1.807, 2.05) is 47.4 Å². The van der Waals surface area contributed by atoms with E-state index in [0.29, 0.717) is 13.1 Å². The predicted octanol–water partition coefficient (Wildman–Crippen LogP) is 3.60. The van der Waals surface area contributed by atoms with E-state index in [0.717, 1.165) is 35.9 Å². The van der Waals surface area contributed by atoms with Crippen LogP contribution < -0.4 is 16.0 Å². The van der Waals surface area contributed by atoms with Gasteiger partial charge in [-0.3, -0.25) is 4.79 Å². The van der Waals surface area contributed by atoms with Crippen LogP contribution >= 0.6 is 35.6 Å². The van der Waals surface area contributed by atoms with Crippen molar-refractivity contribution >= 4 is 58.8 Å². The number of rotatable bonds is 5. The fourth-order valence-electron chi connectivity index (χ4n) is 3.18.